The van der Waals surface area contributed by atoms with Crippen molar-refractivity contribution >= 4 is 28.9 Å². The smallest absolute Gasteiger partial charge is 0.307 e. The summed E-state index contributed by atoms with van der Waals surface area (Å²) in [5.74, 6) is -1.43. The summed E-state index contributed by atoms with van der Waals surface area (Å²) >= 11 is 5.95. The van der Waals surface area contributed by atoms with Gasteiger partial charge in [0.05, 0.1) is 23.7 Å². The maximum Gasteiger partial charge on any atom is 0.307 e. The number of aliphatic carboxylic acids is 1. The monoisotopic (exact) mass is 488 g/mol. The van der Waals surface area contributed by atoms with Gasteiger partial charge in [0, 0.05) is 11.7 Å². The van der Waals surface area contributed by atoms with Gasteiger partial charge in [0.15, 0.2) is 0 Å². The van der Waals surface area contributed by atoms with Gasteiger partial charge in [0.25, 0.3) is 10.2 Å². The Labute approximate surface area is 192 Å². The third-order valence-corrected chi connectivity index (χ3v) is 4.22. The van der Waals surface area contributed by atoms with Crippen LogP contribution in [0.15, 0.2) is 36.4 Å². The molecular weight excluding hydrogens is 467 g/mol. The zero-order valence-electron chi connectivity index (χ0n) is 17.4. The molecule has 0 saturated carbocycles. The SMILES string of the molecule is Cc1ccc(Nc2c(F)cccc2Cl)c(CC(=O)O)c1.N[C@@H](CCO[N+](=O)[O-])CO[N+](=O)[O-]. The summed E-state index contributed by atoms with van der Waals surface area (Å²) in [6.45, 7) is 1.37. The Hall–Kier alpha value is -3.71. The van der Waals surface area contributed by atoms with E-state index < -0.39 is 28.0 Å². The van der Waals surface area contributed by atoms with Crippen molar-refractivity contribution in [3.05, 3.63) is 78.6 Å². The number of nitrogens with one attached hydrogen (secondary N) is 1. The summed E-state index contributed by atoms with van der Waals surface area (Å²) in [7, 11) is 0. The number of carboxylic acids is 1. The Kier molecular flexibility index (Phi) is 11.3. The lowest BCUT2D eigenvalue weighted by Gasteiger charge is -2.13. The van der Waals surface area contributed by atoms with E-state index in [0.717, 1.165) is 5.56 Å². The van der Waals surface area contributed by atoms with Crippen LogP contribution in [0.25, 0.3) is 0 Å². The number of nitrogens with two attached hydrogens (primary N) is 1. The average molecular weight is 489 g/mol. The molecule has 14 heteroatoms. The third kappa shape index (κ3) is 10.9. The molecule has 12 nitrogen and oxygen atoms in total. The highest BCUT2D eigenvalue weighted by Gasteiger charge is 2.12. The number of rotatable bonds is 11. The van der Waals surface area contributed by atoms with Crippen LogP contribution < -0.4 is 11.1 Å². The van der Waals surface area contributed by atoms with Gasteiger partial charge in [0.2, 0.25) is 0 Å². The van der Waals surface area contributed by atoms with E-state index in [0.29, 0.717) is 11.3 Å². The van der Waals surface area contributed by atoms with Crippen LogP contribution >= 0.6 is 11.6 Å². The fraction of sp³-hybridized carbons (Fsp3) is 0.316. The first kappa shape index (κ1) is 27.3. The molecule has 0 saturated heterocycles. The van der Waals surface area contributed by atoms with Crippen molar-refractivity contribution in [2.75, 3.05) is 18.5 Å². The molecule has 2 rings (SSSR count). The quantitative estimate of drug-likeness (QED) is 0.313. The number of aryl methyl sites for hydroxylation is 1. The second kappa shape index (κ2) is 13.6. The van der Waals surface area contributed by atoms with Crippen molar-refractivity contribution in [1.82, 2.24) is 0 Å². The molecule has 0 unspecified atom stereocenters. The van der Waals surface area contributed by atoms with Crippen LogP contribution in [0.3, 0.4) is 0 Å². The maximum atomic E-state index is 13.7. The van der Waals surface area contributed by atoms with Crippen LogP contribution in [-0.4, -0.2) is 40.5 Å². The van der Waals surface area contributed by atoms with Crippen LogP contribution in [0.2, 0.25) is 5.02 Å². The number of anilines is 2. The lowest BCUT2D eigenvalue weighted by Crippen LogP contribution is -2.29. The first-order valence-electron chi connectivity index (χ1n) is 9.32. The van der Waals surface area contributed by atoms with Crippen molar-refractivity contribution in [3.63, 3.8) is 0 Å². The van der Waals surface area contributed by atoms with Crippen LogP contribution in [-0.2, 0) is 20.9 Å². The molecular formula is C19H22ClFN4O8. The molecule has 0 bridgehead atoms. The Morgan fingerprint density at radius 3 is 2.48 bits per heavy atom. The summed E-state index contributed by atoms with van der Waals surface area (Å²) in [6.07, 6.45) is -0.0229. The predicted molar refractivity (Wildman–Crippen MR) is 116 cm³/mol. The van der Waals surface area contributed by atoms with Crippen LogP contribution in [0.1, 0.15) is 17.5 Å². The topological polar surface area (TPSA) is 180 Å². The molecule has 0 fully saturated rings. The molecule has 2 aromatic rings. The molecule has 0 aliphatic rings. The minimum atomic E-state index is -0.978. The van der Waals surface area contributed by atoms with Gasteiger partial charge in [-0.3, -0.25) is 4.79 Å². The number of benzene rings is 2. The molecule has 0 aliphatic heterocycles. The molecule has 33 heavy (non-hydrogen) atoms. The van der Waals surface area contributed by atoms with E-state index in [2.05, 4.69) is 15.0 Å². The summed E-state index contributed by atoms with van der Waals surface area (Å²) in [5, 5.41) is 29.4. The van der Waals surface area contributed by atoms with Crippen molar-refractivity contribution in [2.45, 2.75) is 25.8 Å². The highest BCUT2D eigenvalue weighted by molar-refractivity contribution is 6.33. The molecule has 2 aromatic carbocycles. The number of para-hydroxylation sites is 1. The molecule has 4 N–H and O–H groups in total. The van der Waals surface area contributed by atoms with E-state index in [1.54, 1.807) is 18.2 Å². The van der Waals surface area contributed by atoms with Crippen molar-refractivity contribution in [1.29, 1.82) is 0 Å². The van der Waals surface area contributed by atoms with Gasteiger partial charge in [-0.1, -0.05) is 35.4 Å². The Morgan fingerprint density at radius 2 is 1.91 bits per heavy atom. The van der Waals surface area contributed by atoms with Crippen LogP contribution in [0.5, 0.6) is 0 Å². The van der Waals surface area contributed by atoms with E-state index in [1.807, 2.05) is 13.0 Å². The Bertz CT molecular complexity index is 959. The minimum absolute atomic E-state index is 0.120. The van der Waals surface area contributed by atoms with E-state index in [9.17, 15) is 29.4 Å². The third-order valence-electron chi connectivity index (χ3n) is 3.90. The zero-order chi connectivity index (χ0) is 25.0. The number of carboxylic acid groups (broad SMARTS) is 1. The van der Waals surface area contributed by atoms with Crippen molar-refractivity contribution < 1.29 is 34.1 Å². The number of hydrogen-bond acceptors (Lipinski definition) is 9. The second-order valence-corrected chi connectivity index (χ2v) is 6.98. The fourth-order valence-electron chi connectivity index (χ4n) is 2.42. The summed E-state index contributed by atoms with van der Waals surface area (Å²) < 4.78 is 13.7. The lowest BCUT2D eigenvalue weighted by atomic mass is 10.1. The van der Waals surface area contributed by atoms with E-state index in [1.165, 1.54) is 12.1 Å². The number of hydrogen-bond donors (Lipinski definition) is 3. The number of halogens is 2. The first-order valence-corrected chi connectivity index (χ1v) is 9.70. The molecule has 0 aromatic heterocycles. The molecule has 0 spiro atoms. The minimum Gasteiger partial charge on any atom is -0.481 e. The first-order chi connectivity index (χ1) is 15.5. The zero-order valence-corrected chi connectivity index (χ0v) is 18.2. The van der Waals surface area contributed by atoms with Gasteiger partial charge in [-0.2, -0.15) is 0 Å². The van der Waals surface area contributed by atoms with Gasteiger partial charge in [0.1, 0.15) is 12.4 Å². The van der Waals surface area contributed by atoms with Crippen molar-refractivity contribution in [3.8, 4) is 0 Å². The van der Waals surface area contributed by atoms with Crippen LogP contribution in [0.4, 0.5) is 15.8 Å². The van der Waals surface area contributed by atoms with E-state index >= 15 is 0 Å². The van der Waals surface area contributed by atoms with E-state index in [-0.39, 0.29) is 36.8 Å². The molecule has 0 radical (unpaired) electrons. The summed E-state index contributed by atoms with van der Waals surface area (Å²) in [4.78, 5) is 38.1. The maximum absolute atomic E-state index is 13.7. The standard InChI is InChI=1S/C15H13ClFNO2.C4H9N3O6/c1-9-5-6-13(10(7-9)8-14(19)20)18-15-11(16)3-2-4-12(15)17;5-4(3-13-7(10)11)1-2-12-6(8)9/h2-7,18H,8H2,1H3,(H,19,20);4H,1-3,5H2/t;4-/m.0/s1. The molecule has 0 amide bonds. The Morgan fingerprint density at radius 1 is 1.24 bits per heavy atom. The number of carbonyl (C=O) groups is 1. The average Bonchev–Trinajstić information content (AvgIpc) is 2.70. The van der Waals surface area contributed by atoms with Gasteiger partial charge >= 0.3 is 5.97 Å². The van der Waals surface area contributed by atoms with Gasteiger partial charge in [-0.15, -0.1) is 20.2 Å². The summed E-state index contributed by atoms with van der Waals surface area (Å²) in [6, 6.07) is 9.02. The predicted octanol–water partition coefficient (Wildman–Crippen LogP) is 3.28. The molecule has 1 atom stereocenters. The molecule has 0 aliphatic carbocycles. The van der Waals surface area contributed by atoms with E-state index in [4.69, 9.17) is 22.4 Å². The number of nitrogens with zero attached hydrogens (tertiary/aromatic N) is 2. The normalized spacial score (nSPS) is 10.9. The fourth-order valence-corrected chi connectivity index (χ4v) is 2.63. The lowest BCUT2D eigenvalue weighted by molar-refractivity contribution is -0.761. The highest BCUT2D eigenvalue weighted by Crippen LogP contribution is 2.30. The summed E-state index contributed by atoms with van der Waals surface area (Å²) in [5.41, 5.74) is 7.47. The Balaban J connectivity index is 0.000000366. The highest BCUT2D eigenvalue weighted by atomic mass is 35.5. The van der Waals surface area contributed by atoms with Crippen molar-refractivity contribution in [2.24, 2.45) is 5.73 Å². The van der Waals surface area contributed by atoms with Crippen LogP contribution in [0, 0.1) is 33.0 Å². The van der Waals surface area contributed by atoms with Gasteiger partial charge in [-0.25, -0.2) is 4.39 Å². The van der Waals surface area contributed by atoms with Gasteiger partial charge in [-0.05, 0) is 37.1 Å². The van der Waals surface area contributed by atoms with Gasteiger partial charge < -0.3 is 25.8 Å². The molecule has 0 heterocycles. The molecule has 180 valence electrons. The second-order valence-electron chi connectivity index (χ2n) is 6.58. The largest absolute Gasteiger partial charge is 0.481 e.